The summed E-state index contributed by atoms with van der Waals surface area (Å²) in [5.41, 5.74) is 2.94. The van der Waals surface area contributed by atoms with Crippen LogP contribution in [0, 0.1) is 5.41 Å². The summed E-state index contributed by atoms with van der Waals surface area (Å²) >= 11 is 0. The molecule has 2 aromatic carbocycles. The molecule has 4 heterocycles. The van der Waals surface area contributed by atoms with Gasteiger partial charge in [-0.25, -0.2) is 13.4 Å². The largest absolute Gasteiger partial charge is 0.375 e. The second-order valence-electron chi connectivity index (χ2n) is 9.74. The van der Waals surface area contributed by atoms with Crippen LogP contribution in [0.1, 0.15) is 5.69 Å². The van der Waals surface area contributed by atoms with Gasteiger partial charge in [-0.05, 0) is 30.3 Å². The summed E-state index contributed by atoms with van der Waals surface area (Å²) in [6.45, 7) is 4.05. The molecule has 1 spiro atoms. The zero-order valence-corrected chi connectivity index (χ0v) is 20.9. The highest BCUT2D eigenvalue weighted by Gasteiger charge is 2.56. The van der Waals surface area contributed by atoms with Crippen LogP contribution in [0.2, 0.25) is 0 Å². The minimum Gasteiger partial charge on any atom is -0.375 e. The Morgan fingerprint density at radius 3 is 2.33 bits per heavy atom. The van der Waals surface area contributed by atoms with E-state index in [-0.39, 0.29) is 5.41 Å². The lowest BCUT2D eigenvalue weighted by molar-refractivity contribution is 0.0384. The first-order chi connectivity index (χ1) is 17.4. The number of nitrogens with one attached hydrogen (secondary N) is 2. The van der Waals surface area contributed by atoms with Gasteiger partial charge in [0.15, 0.2) is 0 Å². The van der Waals surface area contributed by atoms with Gasteiger partial charge in [0.25, 0.3) is 0 Å². The zero-order chi connectivity index (χ0) is 24.8. The normalized spacial score (nSPS) is 20.1. The van der Waals surface area contributed by atoms with Crippen LogP contribution in [0.5, 0.6) is 0 Å². The van der Waals surface area contributed by atoms with Gasteiger partial charge in [-0.2, -0.15) is 9.29 Å². The molecule has 3 saturated heterocycles. The van der Waals surface area contributed by atoms with Gasteiger partial charge >= 0.3 is 0 Å². The van der Waals surface area contributed by atoms with Gasteiger partial charge in [0.2, 0.25) is 16.0 Å². The number of para-hydroxylation sites is 1. The van der Waals surface area contributed by atoms with Crippen molar-refractivity contribution >= 4 is 33.6 Å². The molecular formula is C26H29N7O2S. The molecule has 0 saturated carbocycles. The Kier molecular flexibility index (Phi) is 5.66. The van der Waals surface area contributed by atoms with E-state index in [1.165, 1.54) is 0 Å². The first-order valence-corrected chi connectivity index (χ1v) is 13.5. The van der Waals surface area contributed by atoms with Crippen LogP contribution in [-0.2, 0) is 10.0 Å². The average molecular weight is 504 g/mol. The third-order valence-electron chi connectivity index (χ3n) is 7.03. The van der Waals surface area contributed by atoms with Crippen molar-refractivity contribution in [2.75, 3.05) is 56.2 Å². The maximum Gasteiger partial charge on any atom is 0.243 e. The van der Waals surface area contributed by atoms with E-state index >= 15 is 0 Å². The molecular weight excluding hydrogens is 474 g/mol. The molecule has 3 aliphatic heterocycles. The van der Waals surface area contributed by atoms with Crippen LogP contribution >= 0.6 is 0 Å². The number of hydrogen-bond donors (Lipinski definition) is 2. The number of nitrogens with zero attached hydrogens (tertiary/aromatic N) is 5. The Bertz CT molecular complexity index is 1370. The predicted molar refractivity (Wildman–Crippen MR) is 140 cm³/mol. The lowest BCUT2D eigenvalue weighted by Gasteiger charge is -2.59. The molecule has 3 fully saturated rings. The number of aromatic nitrogens is 2. The first-order valence-electron chi connectivity index (χ1n) is 12.1. The molecule has 0 amide bonds. The van der Waals surface area contributed by atoms with Gasteiger partial charge in [0, 0.05) is 62.6 Å². The van der Waals surface area contributed by atoms with Gasteiger partial charge in [0.05, 0.1) is 17.3 Å². The standard InChI is InChI=1S/C26H29N7O2S/c1-31(22-8-4-2-5-9-22)24-13-20(12-21-14-27-19-28-21)29-25(30-24)32-15-26(16-32)17-33(18-26)36(34,35)23-10-6-3-7-11-23/h2-13,27-28H,14-19H2,1H3. The summed E-state index contributed by atoms with van der Waals surface area (Å²) in [7, 11) is -1.44. The van der Waals surface area contributed by atoms with Crippen LogP contribution in [-0.4, -0.2) is 69.1 Å². The second kappa shape index (κ2) is 8.88. The number of rotatable bonds is 6. The van der Waals surface area contributed by atoms with E-state index in [0.29, 0.717) is 23.9 Å². The molecule has 0 unspecified atom stereocenters. The monoisotopic (exact) mass is 503 g/mol. The Hall–Kier alpha value is -3.47. The van der Waals surface area contributed by atoms with E-state index in [9.17, 15) is 8.42 Å². The fraction of sp³-hybridized carbons (Fsp3) is 0.308. The highest BCUT2D eigenvalue weighted by atomic mass is 32.2. The van der Waals surface area contributed by atoms with Gasteiger partial charge in [-0.15, -0.1) is 0 Å². The summed E-state index contributed by atoms with van der Waals surface area (Å²) in [5.74, 6) is 1.48. The molecule has 1 aromatic heterocycles. The third-order valence-corrected chi connectivity index (χ3v) is 8.83. The minimum absolute atomic E-state index is 0.0396. The SMILES string of the molecule is CN(c1ccccc1)c1cc(C=C2CNCN2)nc(N2CC3(C2)CN(S(=O)(=O)c2ccccc2)C3)n1. The molecule has 2 N–H and O–H groups in total. The van der Waals surface area contributed by atoms with Crippen LogP contribution in [0.3, 0.4) is 0 Å². The first kappa shape index (κ1) is 23.0. The highest BCUT2D eigenvalue weighted by molar-refractivity contribution is 7.89. The predicted octanol–water partition coefficient (Wildman–Crippen LogP) is 2.25. The van der Waals surface area contributed by atoms with Crippen LogP contribution in [0.25, 0.3) is 6.08 Å². The summed E-state index contributed by atoms with van der Waals surface area (Å²) < 4.78 is 27.4. The maximum atomic E-state index is 12.9. The lowest BCUT2D eigenvalue weighted by Crippen LogP contribution is -2.73. The summed E-state index contributed by atoms with van der Waals surface area (Å²) in [4.78, 5) is 14.3. The molecule has 0 bridgehead atoms. The van der Waals surface area contributed by atoms with Gasteiger partial charge < -0.3 is 15.1 Å². The Morgan fingerprint density at radius 1 is 0.972 bits per heavy atom. The molecule has 10 heteroatoms. The molecule has 0 aliphatic carbocycles. The fourth-order valence-electron chi connectivity index (χ4n) is 5.05. The van der Waals surface area contributed by atoms with Crippen molar-refractivity contribution in [3.05, 3.63) is 78.1 Å². The molecule has 3 aromatic rings. The highest BCUT2D eigenvalue weighted by Crippen LogP contribution is 2.43. The van der Waals surface area contributed by atoms with Crippen LogP contribution in [0.4, 0.5) is 17.5 Å². The molecule has 3 aliphatic rings. The van der Waals surface area contributed by atoms with Crippen molar-refractivity contribution in [2.24, 2.45) is 5.41 Å². The van der Waals surface area contributed by atoms with Gasteiger partial charge in [-0.1, -0.05) is 36.4 Å². The summed E-state index contributed by atoms with van der Waals surface area (Å²) in [5, 5.41) is 6.60. The number of anilines is 3. The smallest absolute Gasteiger partial charge is 0.243 e. The van der Waals surface area contributed by atoms with Crippen molar-refractivity contribution in [1.82, 2.24) is 24.9 Å². The van der Waals surface area contributed by atoms with Gasteiger partial charge in [-0.3, -0.25) is 5.32 Å². The molecule has 6 rings (SSSR count). The lowest BCUT2D eigenvalue weighted by atomic mass is 9.74. The summed E-state index contributed by atoms with van der Waals surface area (Å²) in [6, 6.07) is 20.8. The van der Waals surface area contributed by atoms with E-state index in [2.05, 4.69) is 38.6 Å². The van der Waals surface area contributed by atoms with Crippen molar-refractivity contribution in [1.29, 1.82) is 0 Å². The molecule has 186 valence electrons. The molecule has 0 radical (unpaired) electrons. The van der Waals surface area contributed by atoms with E-state index in [1.807, 2.05) is 37.4 Å². The fourth-order valence-corrected chi connectivity index (χ4v) is 6.73. The van der Waals surface area contributed by atoms with Crippen molar-refractivity contribution in [2.45, 2.75) is 4.90 Å². The molecule has 9 nitrogen and oxygen atoms in total. The average Bonchev–Trinajstić information content (AvgIpc) is 3.36. The van der Waals surface area contributed by atoms with Crippen molar-refractivity contribution in [3.8, 4) is 0 Å². The zero-order valence-electron chi connectivity index (χ0n) is 20.1. The quantitative estimate of drug-likeness (QED) is 0.529. The Morgan fingerprint density at radius 2 is 1.67 bits per heavy atom. The summed E-state index contributed by atoms with van der Waals surface area (Å²) in [6.07, 6.45) is 2.06. The molecule has 0 atom stereocenters. The van der Waals surface area contributed by atoms with Crippen LogP contribution < -0.4 is 20.4 Å². The van der Waals surface area contributed by atoms with Crippen molar-refractivity contribution in [3.63, 3.8) is 0 Å². The minimum atomic E-state index is -3.44. The number of sulfonamides is 1. The molecule has 36 heavy (non-hydrogen) atoms. The van der Waals surface area contributed by atoms with E-state index in [4.69, 9.17) is 9.97 Å². The number of benzene rings is 2. The van der Waals surface area contributed by atoms with Gasteiger partial charge in [0.1, 0.15) is 5.82 Å². The second-order valence-corrected chi connectivity index (χ2v) is 11.7. The van der Waals surface area contributed by atoms with Crippen molar-refractivity contribution < 1.29 is 8.42 Å². The third kappa shape index (κ3) is 4.21. The Balaban J connectivity index is 1.21. The number of hydrogen-bond acceptors (Lipinski definition) is 8. The van der Waals surface area contributed by atoms with E-state index in [0.717, 1.165) is 49.2 Å². The topological polar surface area (TPSA) is 93.7 Å². The van der Waals surface area contributed by atoms with Crippen LogP contribution in [0.15, 0.2) is 77.3 Å². The maximum absolute atomic E-state index is 12.9. The van der Waals surface area contributed by atoms with E-state index < -0.39 is 10.0 Å². The Labute approximate surface area is 211 Å². The van der Waals surface area contributed by atoms with E-state index in [1.54, 1.807) is 28.6 Å².